The maximum atomic E-state index is 8.71. The lowest BCUT2D eigenvalue weighted by molar-refractivity contribution is -0.499. The molecule has 0 spiro atoms. The van der Waals surface area contributed by atoms with Crippen molar-refractivity contribution in [2.75, 3.05) is 0 Å². The summed E-state index contributed by atoms with van der Waals surface area (Å²) in [7, 11) is 0. The van der Waals surface area contributed by atoms with Crippen LogP contribution in [-0.4, -0.2) is 16.3 Å². The standard InChI is InChI=1S/C9H18O4/c1-7-4-8(2,3)6-9(5-7,12-10)13-11/h7,10-11H,4-6H2,1-3H3. The van der Waals surface area contributed by atoms with Gasteiger partial charge in [-0.15, -0.1) is 0 Å². The van der Waals surface area contributed by atoms with E-state index in [0.29, 0.717) is 18.8 Å². The van der Waals surface area contributed by atoms with E-state index in [9.17, 15) is 0 Å². The second-order valence-corrected chi connectivity index (χ2v) is 4.95. The predicted octanol–water partition coefficient (Wildman–Crippen LogP) is 2.51. The van der Waals surface area contributed by atoms with Crippen LogP contribution >= 0.6 is 0 Å². The first-order chi connectivity index (χ1) is 5.93. The van der Waals surface area contributed by atoms with Gasteiger partial charge in [0.25, 0.3) is 0 Å². The van der Waals surface area contributed by atoms with Crippen LogP contribution in [0.25, 0.3) is 0 Å². The molecule has 0 aromatic rings. The van der Waals surface area contributed by atoms with E-state index in [0.717, 1.165) is 6.42 Å². The normalized spacial score (nSPS) is 31.6. The molecule has 78 valence electrons. The number of rotatable bonds is 2. The molecule has 0 amide bonds. The van der Waals surface area contributed by atoms with Crippen LogP contribution in [0.3, 0.4) is 0 Å². The first-order valence-corrected chi connectivity index (χ1v) is 4.58. The molecule has 0 saturated heterocycles. The molecule has 1 aliphatic rings. The molecule has 0 aromatic heterocycles. The Hall–Kier alpha value is -0.160. The van der Waals surface area contributed by atoms with E-state index in [1.165, 1.54) is 0 Å². The summed E-state index contributed by atoms with van der Waals surface area (Å²) in [5.74, 6) is -0.857. The molecular formula is C9H18O4. The fourth-order valence-corrected chi connectivity index (χ4v) is 2.58. The van der Waals surface area contributed by atoms with Gasteiger partial charge in [0.05, 0.1) is 0 Å². The first kappa shape index (κ1) is 10.9. The molecule has 0 aliphatic heterocycles. The Bertz CT molecular complexity index is 174. The van der Waals surface area contributed by atoms with Crippen molar-refractivity contribution >= 4 is 0 Å². The molecule has 0 heterocycles. The van der Waals surface area contributed by atoms with Crippen LogP contribution in [0, 0.1) is 11.3 Å². The van der Waals surface area contributed by atoms with Gasteiger partial charge in [-0.25, -0.2) is 20.3 Å². The molecule has 0 bridgehead atoms. The van der Waals surface area contributed by atoms with Crippen LogP contribution in [0.5, 0.6) is 0 Å². The monoisotopic (exact) mass is 190 g/mol. The van der Waals surface area contributed by atoms with E-state index in [-0.39, 0.29) is 5.41 Å². The van der Waals surface area contributed by atoms with Gasteiger partial charge in [-0.3, -0.25) is 0 Å². The van der Waals surface area contributed by atoms with E-state index in [1.807, 2.05) is 6.92 Å². The van der Waals surface area contributed by atoms with Gasteiger partial charge in [-0.1, -0.05) is 20.8 Å². The van der Waals surface area contributed by atoms with Gasteiger partial charge in [0.15, 0.2) is 0 Å². The van der Waals surface area contributed by atoms with E-state index in [2.05, 4.69) is 23.6 Å². The van der Waals surface area contributed by atoms with Gasteiger partial charge >= 0.3 is 0 Å². The van der Waals surface area contributed by atoms with Crippen LogP contribution in [0.1, 0.15) is 40.0 Å². The Morgan fingerprint density at radius 1 is 1.15 bits per heavy atom. The van der Waals surface area contributed by atoms with Crippen LogP contribution in [0.15, 0.2) is 0 Å². The van der Waals surface area contributed by atoms with Gasteiger partial charge in [0.2, 0.25) is 5.79 Å². The molecule has 1 rings (SSSR count). The summed E-state index contributed by atoms with van der Waals surface area (Å²) >= 11 is 0. The van der Waals surface area contributed by atoms with Gasteiger partial charge in [0, 0.05) is 12.8 Å². The van der Waals surface area contributed by atoms with Crippen molar-refractivity contribution in [1.29, 1.82) is 0 Å². The molecule has 1 aliphatic carbocycles. The maximum absolute atomic E-state index is 8.71. The van der Waals surface area contributed by atoms with Crippen molar-refractivity contribution in [1.82, 2.24) is 0 Å². The Balaban J connectivity index is 2.76. The average Bonchev–Trinajstić information content (AvgIpc) is 2.00. The van der Waals surface area contributed by atoms with Gasteiger partial charge in [-0.2, -0.15) is 0 Å². The zero-order chi connectivity index (χ0) is 10.1. The molecule has 13 heavy (non-hydrogen) atoms. The molecule has 1 fully saturated rings. The largest absolute Gasteiger partial charge is 0.249 e. The molecule has 1 saturated carbocycles. The Labute approximate surface area is 78.3 Å². The Kier molecular flexibility index (Phi) is 2.97. The number of hydrogen-bond acceptors (Lipinski definition) is 4. The topological polar surface area (TPSA) is 58.9 Å². The van der Waals surface area contributed by atoms with E-state index in [1.54, 1.807) is 0 Å². The third-order valence-electron chi connectivity index (χ3n) is 2.64. The first-order valence-electron chi connectivity index (χ1n) is 4.58. The summed E-state index contributed by atoms with van der Waals surface area (Å²) in [5, 5.41) is 17.4. The third-order valence-corrected chi connectivity index (χ3v) is 2.64. The number of hydrogen-bond donors (Lipinski definition) is 2. The van der Waals surface area contributed by atoms with Crippen molar-refractivity contribution < 1.29 is 20.3 Å². The zero-order valence-corrected chi connectivity index (χ0v) is 8.41. The molecule has 0 aromatic carbocycles. The summed E-state index contributed by atoms with van der Waals surface area (Å²) in [6.45, 7) is 6.18. The van der Waals surface area contributed by atoms with Gasteiger partial charge in [-0.05, 0) is 17.8 Å². The van der Waals surface area contributed by atoms with E-state index >= 15 is 0 Å². The van der Waals surface area contributed by atoms with Crippen molar-refractivity contribution in [2.45, 2.75) is 45.8 Å². The predicted molar refractivity (Wildman–Crippen MR) is 47.0 cm³/mol. The van der Waals surface area contributed by atoms with E-state index in [4.69, 9.17) is 10.5 Å². The van der Waals surface area contributed by atoms with Crippen LogP contribution in [-0.2, 0) is 9.78 Å². The summed E-state index contributed by atoms with van der Waals surface area (Å²) in [4.78, 5) is 8.52. The Morgan fingerprint density at radius 3 is 2.08 bits per heavy atom. The van der Waals surface area contributed by atoms with Crippen LogP contribution in [0.2, 0.25) is 0 Å². The molecule has 1 atom stereocenters. The third kappa shape index (κ3) is 2.40. The highest BCUT2D eigenvalue weighted by molar-refractivity contribution is 4.87. The van der Waals surface area contributed by atoms with Gasteiger partial charge < -0.3 is 0 Å². The summed E-state index contributed by atoms with van der Waals surface area (Å²) < 4.78 is 0. The minimum atomic E-state index is -1.22. The quantitative estimate of drug-likeness (QED) is 0.399. The summed E-state index contributed by atoms with van der Waals surface area (Å²) in [6, 6.07) is 0. The second-order valence-electron chi connectivity index (χ2n) is 4.95. The SMILES string of the molecule is CC1CC(C)(C)CC(OO)(OO)C1. The zero-order valence-electron chi connectivity index (χ0n) is 8.41. The smallest absolute Gasteiger partial charge is 0.234 e. The molecular weight excluding hydrogens is 172 g/mol. The molecule has 2 N–H and O–H groups in total. The average molecular weight is 190 g/mol. The fraction of sp³-hybridized carbons (Fsp3) is 1.00. The van der Waals surface area contributed by atoms with Crippen molar-refractivity contribution in [3.8, 4) is 0 Å². The summed E-state index contributed by atoms with van der Waals surface area (Å²) in [6.07, 6.45) is 2.06. The molecule has 4 heteroatoms. The summed E-state index contributed by atoms with van der Waals surface area (Å²) in [5.41, 5.74) is 0.0170. The molecule has 1 unspecified atom stereocenters. The van der Waals surface area contributed by atoms with Crippen molar-refractivity contribution in [2.24, 2.45) is 11.3 Å². The lowest BCUT2D eigenvalue weighted by Gasteiger charge is -2.42. The van der Waals surface area contributed by atoms with Crippen LogP contribution < -0.4 is 0 Å². The molecule has 4 nitrogen and oxygen atoms in total. The van der Waals surface area contributed by atoms with Crippen LogP contribution in [0.4, 0.5) is 0 Å². The lowest BCUT2D eigenvalue weighted by Crippen LogP contribution is -2.45. The highest BCUT2D eigenvalue weighted by atomic mass is 17.2. The molecule has 0 radical (unpaired) electrons. The highest BCUT2D eigenvalue weighted by Crippen LogP contribution is 2.45. The maximum Gasteiger partial charge on any atom is 0.234 e. The second kappa shape index (κ2) is 3.53. The van der Waals surface area contributed by atoms with Gasteiger partial charge in [0.1, 0.15) is 0 Å². The van der Waals surface area contributed by atoms with Crippen molar-refractivity contribution in [3.63, 3.8) is 0 Å². The van der Waals surface area contributed by atoms with Crippen molar-refractivity contribution in [3.05, 3.63) is 0 Å². The minimum Gasteiger partial charge on any atom is -0.249 e. The minimum absolute atomic E-state index is 0.0170. The highest BCUT2D eigenvalue weighted by Gasteiger charge is 2.46. The van der Waals surface area contributed by atoms with E-state index < -0.39 is 5.79 Å². The fourth-order valence-electron chi connectivity index (χ4n) is 2.58. The lowest BCUT2D eigenvalue weighted by atomic mass is 9.70. The Morgan fingerprint density at radius 2 is 1.69 bits per heavy atom.